The maximum atomic E-state index is 12.1. The highest BCUT2D eigenvalue weighted by molar-refractivity contribution is 6.00. The van der Waals surface area contributed by atoms with Gasteiger partial charge in [0.2, 0.25) is 11.8 Å². The standard InChI is InChI=1S/C22H29N3O5/c23-7-9-29-11-13-30-12-10-28-8-1-2-17-3-4-18-15-25(16-19(18)14-17)20-5-6-21(26)24-22(20)27/h3-4,14,20H,5-13,15-16,23H2,(H,24,26,27). The number of imide groups is 1. The van der Waals surface area contributed by atoms with Crippen LogP contribution in [0.15, 0.2) is 18.2 Å². The summed E-state index contributed by atoms with van der Waals surface area (Å²) in [5.41, 5.74) is 8.63. The lowest BCUT2D eigenvalue weighted by molar-refractivity contribution is -0.137. The zero-order valence-electron chi connectivity index (χ0n) is 17.2. The van der Waals surface area contributed by atoms with Crippen molar-refractivity contribution in [2.24, 2.45) is 5.73 Å². The summed E-state index contributed by atoms with van der Waals surface area (Å²) in [6.45, 7) is 4.87. The van der Waals surface area contributed by atoms with Gasteiger partial charge in [0, 0.05) is 31.6 Å². The molecule has 0 radical (unpaired) electrons. The number of carbonyl (C=O) groups excluding carboxylic acids is 2. The highest BCUT2D eigenvalue weighted by Gasteiger charge is 2.34. The first kappa shape index (κ1) is 22.4. The number of nitrogens with one attached hydrogen (secondary N) is 1. The Hall–Kier alpha value is -2.28. The molecular formula is C22H29N3O5. The van der Waals surface area contributed by atoms with Gasteiger partial charge in [0.15, 0.2) is 0 Å². The van der Waals surface area contributed by atoms with E-state index in [0.717, 1.165) is 12.1 Å². The van der Waals surface area contributed by atoms with Crippen LogP contribution >= 0.6 is 0 Å². The Morgan fingerprint density at radius 3 is 2.53 bits per heavy atom. The summed E-state index contributed by atoms with van der Waals surface area (Å²) in [6.07, 6.45) is 0.972. The third-order valence-electron chi connectivity index (χ3n) is 5.02. The van der Waals surface area contributed by atoms with Crippen LogP contribution in [0.3, 0.4) is 0 Å². The Labute approximate surface area is 177 Å². The fraction of sp³-hybridized carbons (Fsp3) is 0.545. The Morgan fingerprint density at radius 2 is 1.77 bits per heavy atom. The number of nitrogens with zero attached hydrogens (tertiary/aromatic N) is 1. The number of amides is 2. The summed E-state index contributed by atoms with van der Waals surface area (Å²) >= 11 is 0. The lowest BCUT2D eigenvalue weighted by Gasteiger charge is -2.29. The Bertz CT molecular complexity index is 802. The van der Waals surface area contributed by atoms with Crippen molar-refractivity contribution in [3.63, 3.8) is 0 Å². The van der Waals surface area contributed by atoms with Crippen molar-refractivity contribution < 1.29 is 23.8 Å². The average molecular weight is 415 g/mol. The molecule has 3 rings (SSSR count). The van der Waals surface area contributed by atoms with Crippen LogP contribution in [0.4, 0.5) is 0 Å². The van der Waals surface area contributed by atoms with Gasteiger partial charge in [-0.3, -0.25) is 19.8 Å². The van der Waals surface area contributed by atoms with Gasteiger partial charge in [-0.2, -0.15) is 0 Å². The predicted octanol–water partition coefficient (Wildman–Crippen LogP) is 0.167. The zero-order chi connectivity index (χ0) is 21.2. The first-order valence-electron chi connectivity index (χ1n) is 10.3. The summed E-state index contributed by atoms with van der Waals surface area (Å²) in [4.78, 5) is 25.6. The third-order valence-corrected chi connectivity index (χ3v) is 5.02. The maximum absolute atomic E-state index is 12.1. The van der Waals surface area contributed by atoms with Crippen LogP contribution in [0.25, 0.3) is 0 Å². The molecule has 1 atom stereocenters. The highest BCUT2D eigenvalue weighted by Crippen LogP contribution is 2.27. The van der Waals surface area contributed by atoms with Gasteiger partial charge in [0.05, 0.1) is 39.1 Å². The smallest absolute Gasteiger partial charge is 0.243 e. The van der Waals surface area contributed by atoms with E-state index in [9.17, 15) is 9.59 Å². The quantitative estimate of drug-likeness (QED) is 0.319. The normalized spacial score (nSPS) is 18.6. The van der Waals surface area contributed by atoms with E-state index in [0.29, 0.717) is 65.6 Å². The van der Waals surface area contributed by atoms with Crippen LogP contribution in [-0.2, 0) is 36.9 Å². The van der Waals surface area contributed by atoms with Crippen molar-refractivity contribution >= 4 is 11.8 Å². The van der Waals surface area contributed by atoms with Crippen LogP contribution < -0.4 is 11.1 Å². The molecule has 0 aliphatic carbocycles. The van der Waals surface area contributed by atoms with Crippen LogP contribution in [0.5, 0.6) is 0 Å². The molecule has 0 saturated carbocycles. The molecule has 30 heavy (non-hydrogen) atoms. The predicted molar refractivity (Wildman–Crippen MR) is 110 cm³/mol. The highest BCUT2D eigenvalue weighted by atomic mass is 16.5. The van der Waals surface area contributed by atoms with Gasteiger partial charge in [-0.25, -0.2) is 0 Å². The number of fused-ring (bicyclic) bond motifs is 1. The summed E-state index contributed by atoms with van der Waals surface area (Å²) < 4.78 is 16.0. The molecule has 0 bridgehead atoms. The van der Waals surface area contributed by atoms with Crippen molar-refractivity contribution in [1.82, 2.24) is 10.2 Å². The number of piperidine rings is 1. The van der Waals surface area contributed by atoms with Gasteiger partial charge in [-0.1, -0.05) is 17.9 Å². The van der Waals surface area contributed by atoms with E-state index >= 15 is 0 Å². The van der Waals surface area contributed by atoms with Crippen molar-refractivity contribution in [3.8, 4) is 11.8 Å². The Kier molecular flexibility index (Phi) is 8.81. The largest absolute Gasteiger partial charge is 0.378 e. The number of hydrogen-bond donors (Lipinski definition) is 2. The molecule has 1 aromatic carbocycles. The Balaban J connectivity index is 1.37. The second-order valence-electron chi connectivity index (χ2n) is 7.22. The molecule has 1 fully saturated rings. The molecule has 2 amide bonds. The monoisotopic (exact) mass is 415 g/mol. The molecule has 0 aromatic heterocycles. The van der Waals surface area contributed by atoms with Crippen molar-refractivity contribution in [2.75, 3.05) is 46.2 Å². The number of carbonyl (C=O) groups is 2. The molecule has 1 unspecified atom stereocenters. The summed E-state index contributed by atoms with van der Waals surface area (Å²) in [5.74, 6) is 5.76. The van der Waals surface area contributed by atoms with Crippen molar-refractivity contribution in [1.29, 1.82) is 0 Å². The Morgan fingerprint density at radius 1 is 1.03 bits per heavy atom. The summed E-state index contributed by atoms with van der Waals surface area (Å²) in [5, 5.41) is 2.43. The summed E-state index contributed by atoms with van der Waals surface area (Å²) in [6, 6.07) is 5.88. The lowest BCUT2D eigenvalue weighted by Crippen LogP contribution is -2.50. The van der Waals surface area contributed by atoms with Crippen LogP contribution in [0, 0.1) is 11.8 Å². The first-order valence-corrected chi connectivity index (χ1v) is 10.3. The molecule has 2 heterocycles. The van der Waals surface area contributed by atoms with Gasteiger partial charge in [-0.15, -0.1) is 0 Å². The molecule has 0 spiro atoms. The molecule has 1 aromatic rings. The van der Waals surface area contributed by atoms with Gasteiger partial charge < -0.3 is 19.9 Å². The fourth-order valence-electron chi connectivity index (χ4n) is 3.53. The van der Waals surface area contributed by atoms with E-state index in [1.807, 2.05) is 6.07 Å². The number of nitrogens with two attached hydrogens (primary N) is 1. The van der Waals surface area contributed by atoms with E-state index in [1.54, 1.807) is 0 Å². The molecule has 3 N–H and O–H groups in total. The minimum atomic E-state index is -0.243. The number of hydrogen-bond acceptors (Lipinski definition) is 7. The molecule has 162 valence electrons. The van der Waals surface area contributed by atoms with E-state index in [-0.39, 0.29) is 17.9 Å². The van der Waals surface area contributed by atoms with Gasteiger partial charge in [0.25, 0.3) is 0 Å². The third kappa shape index (κ3) is 6.62. The van der Waals surface area contributed by atoms with Crippen LogP contribution in [-0.4, -0.2) is 68.9 Å². The van der Waals surface area contributed by atoms with Crippen molar-refractivity contribution in [3.05, 3.63) is 34.9 Å². The first-order chi connectivity index (χ1) is 14.7. The van der Waals surface area contributed by atoms with Crippen LogP contribution in [0.1, 0.15) is 29.5 Å². The van der Waals surface area contributed by atoms with Crippen molar-refractivity contribution in [2.45, 2.75) is 32.0 Å². The molecule has 1 saturated heterocycles. The zero-order valence-corrected chi connectivity index (χ0v) is 17.2. The van der Waals surface area contributed by atoms with E-state index in [2.05, 4.69) is 34.2 Å². The second-order valence-corrected chi connectivity index (χ2v) is 7.22. The molecular weight excluding hydrogens is 386 g/mol. The number of rotatable bonds is 10. The fourth-order valence-corrected chi connectivity index (χ4v) is 3.53. The molecule has 8 nitrogen and oxygen atoms in total. The van der Waals surface area contributed by atoms with Gasteiger partial charge in [-0.05, 0) is 29.7 Å². The SMILES string of the molecule is NCCOCCOCCOCC#Cc1ccc2c(c1)CN(C1CCC(=O)NC1=O)C2. The van der Waals surface area contributed by atoms with E-state index < -0.39 is 0 Å². The average Bonchev–Trinajstić information content (AvgIpc) is 3.15. The molecule has 2 aliphatic rings. The minimum absolute atomic E-state index is 0.184. The number of ether oxygens (including phenoxy) is 3. The maximum Gasteiger partial charge on any atom is 0.243 e. The number of benzene rings is 1. The lowest BCUT2D eigenvalue weighted by atomic mass is 10.0. The van der Waals surface area contributed by atoms with E-state index in [4.69, 9.17) is 19.9 Å². The van der Waals surface area contributed by atoms with Gasteiger partial charge in [0.1, 0.15) is 6.61 Å². The second kappa shape index (κ2) is 11.8. The molecule has 2 aliphatic heterocycles. The minimum Gasteiger partial charge on any atom is -0.378 e. The van der Waals surface area contributed by atoms with Gasteiger partial charge >= 0.3 is 0 Å². The van der Waals surface area contributed by atoms with Crippen LogP contribution in [0.2, 0.25) is 0 Å². The topological polar surface area (TPSA) is 103 Å². The molecule has 8 heteroatoms. The van der Waals surface area contributed by atoms with E-state index in [1.165, 1.54) is 11.1 Å². The summed E-state index contributed by atoms with van der Waals surface area (Å²) in [7, 11) is 0.